The van der Waals surface area contributed by atoms with E-state index in [1.165, 1.54) is 0 Å². The fourth-order valence-electron chi connectivity index (χ4n) is 1.43. The number of nitrogens with one attached hydrogen (secondary N) is 2. The van der Waals surface area contributed by atoms with Gasteiger partial charge < -0.3 is 20.5 Å². The van der Waals surface area contributed by atoms with Crippen molar-refractivity contribution < 1.29 is 14.6 Å². The second kappa shape index (κ2) is 8.37. The molecule has 1 aromatic carbocycles. The Morgan fingerprint density at radius 1 is 1.47 bits per heavy atom. The molecule has 0 aliphatic heterocycles. The Hall–Kier alpha value is -1.75. The summed E-state index contributed by atoms with van der Waals surface area (Å²) in [5.41, 5.74) is 0.664. The maximum absolute atomic E-state index is 11.6. The number of anilines is 1. The first-order valence-electron chi connectivity index (χ1n) is 6.57. The first-order chi connectivity index (χ1) is 9.15. The van der Waals surface area contributed by atoms with Crippen molar-refractivity contribution in [2.75, 3.05) is 18.5 Å². The topological polar surface area (TPSA) is 70.6 Å². The molecule has 0 aliphatic carbocycles. The molecule has 2 amide bonds. The molecule has 106 valence electrons. The van der Waals surface area contributed by atoms with Gasteiger partial charge in [-0.05, 0) is 25.5 Å². The lowest BCUT2D eigenvalue weighted by Crippen LogP contribution is -2.38. The third-order valence-electron chi connectivity index (χ3n) is 2.51. The Bertz CT molecular complexity index is 396. The quantitative estimate of drug-likeness (QED) is 0.663. The number of hydrogen-bond donors (Lipinski definition) is 3. The molecule has 5 nitrogen and oxygen atoms in total. The molecule has 0 saturated heterocycles. The van der Waals surface area contributed by atoms with Crippen molar-refractivity contribution in [2.45, 2.75) is 32.7 Å². The van der Waals surface area contributed by atoms with Gasteiger partial charge in [0.2, 0.25) is 0 Å². The minimum atomic E-state index is -0.341. The second-order valence-electron chi connectivity index (χ2n) is 4.41. The number of aliphatic hydroxyl groups excluding tert-OH is 1. The van der Waals surface area contributed by atoms with Crippen molar-refractivity contribution in [2.24, 2.45) is 0 Å². The number of benzene rings is 1. The van der Waals surface area contributed by atoms with Gasteiger partial charge in [-0.2, -0.15) is 0 Å². The molecule has 1 aromatic rings. The van der Waals surface area contributed by atoms with E-state index in [9.17, 15) is 4.79 Å². The molecule has 3 N–H and O–H groups in total. The minimum absolute atomic E-state index is 0.0897. The largest absolute Gasteiger partial charge is 0.494 e. The predicted molar refractivity (Wildman–Crippen MR) is 75.5 cm³/mol. The number of ether oxygens (including phenoxy) is 1. The van der Waals surface area contributed by atoms with Crippen molar-refractivity contribution in [1.82, 2.24) is 5.32 Å². The number of carbonyl (C=O) groups excluding carboxylic acids is 1. The predicted octanol–water partition coefficient (Wildman–Crippen LogP) is 2.37. The van der Waals surface area contributed by atoms with E-state index in [4.69, 9.17) is 9.84 Å². The molecule has 1 rings (SSSR count). The molecule has 0 unspecified atom stereocenters. The summed E-state index contributed by atoms with van der Waals surface area (Å²) in [5.74, 6) is 0.737. The van der Waals surface area contributed by atoms with Gasteiger partial charge in [0, 0.05) is 11.8 Å². The highest BCUT2D eigenvalue weighted by molar-refractivity contribution is 5.89. The zero-order valence-electron chi connectivity index (χ0n) is 11.5. The standard InChI is InChI=1S/C14H22N2O3/c1-3-4-8-19-13-7-5-6-12(9-13)16-14(18)15-11(2)10-17/h5-7,9,11,17H,3-4,8,10H2,1-2H3,(H2,15,16,18)/t11-/m0/s1. The average molecular weight is 266 g/mol. The van der Waals surface area contributed by atoms with Crippen LogP contribution < -0.4 is 15.4 Å². The minimum Gasteiger partial charge on any atom is -0.494 e. The normalized spacial score (nSPS) is 11.7. The van der Waals surface area contributed by atoms with E-state index < -0.39 is 0 Å². The van der Waals surface area contributed by atoms with Crippen molar-refractivity contribution in [3.05, 3.63) is 24.3 Å². The van der Waals surface area contributed by atoms with Gasteiger partial charge >= 0.3 is 6.03 Å². The SMILES string of the molecule is CCCCOc1cccc(NC(=O)N[C@@H](C)CO)c1. The van der Waals surface area contributed by atoms with Gasteiger partial charge in [0.15, 0.2) is 0 Å². The van der Waals surface area contributed by atoms with E-state index in [0.717, 1.165) is 18.6 Å². The van der Waals surface area contributed by atoms with Crippen LogP contribution in [-0.2, 0) is 0 Å². The number of aliphatic hydroxyl groups is 1. The highest BCUT2D eigenvalue weighted by Crippen LogP contribution is 2.17. The van der Waals surface area contributed by atoms with E-state index in [1.807, 2.05) is 12.1 Å². The molecular weight excluding hydrogens is 244 g/mol. The van der Waals surface area contributed by atoms with E-state index in [1.54, 1.807) is 19.1 Å². The first kappa shape index (κ1) is 15.3. The summed E-state index contributed by atoms with van der Waals surface area (Å²) < 4.78 is 5.56. The first-order valence-corrected chi connectivity index (χ1v) is 6.57. The second-order valence-corrected chi connectivity index (χ2v) is 4.41. The highest BCUT2D eigenvalue weighted by atomic mass is 16.5. The van der Waals surface area contributed by atoms with Crippen molar-refractivity contribution in [3.63, 3.8) is 0 Å². The summed E-state index contributed by atoms with van der Waals surface area (Å²) >= 11 is 0. The van der Waals surface area contributed by atoms with Crippen molar-refractivity contribution >= 4 is 11.7 Å². The number of hydrogen-bond acceptors (Lipinski definition) is 3. The third kappa shape index (κ3) is 6.10. The van der Waals surface area contributed by atoms with Crippen LogP contribution >= 0.6 is 0 Å². The number of rotatable bonds is 7. The van der Waals surface area contributed by atoms with Gasteiger partial charge in [-0.25, -0.2) is 4.79 Å². The molecule has 0 spiro atoms. The molecule has 0 aliphatic rings. The number of carbonyl (C=O) groups is 1. The highest BCUT2D eigenvalue weighted by Gasteiger charge is 2.06. The number of urea groups is 1. The van der Waals surface area contributed by atoms with Crippen LogP contribution in [0.3, 0.4) is 0 Å². The summed E-state index contributed by atoms with van der Waals surface area (Å²) in [6.45, 7) is 4.42. The third-order valence-corrected chi connectivity index (χ3v) is 2.51. The molecule has 0 radical (unpaired) electrons. The lowest BCUT2D eigenvalue weighted by atomic mass is 10.3. The molecule has 0 bridgehead atoms. The van der Waals surface area contributed by atoms with E-state index >= 15 is 0 Å². The zero-order valence-corrected chi connectivity index (χ0v) is 11.5. The van der Waals surface area contributed by atoms with Crippen LogP contribution in [0.2, 0.25) is 0 Å². The molecule has 0 fully saturated rings. The molecule has 0 heterocycles. The Morgan fingerprint density at radius 3 is 2.95 bits per heavy atom. The molecule has 5 heteroatoms. The van der Waals surface area contributed by atoms with Crippen LogP contribution in [0.5, 0.6) is 5.75 Å². The van der Waals surface area contributed by atoms with Crippen LogP contribution in [-0.4, -0.2) is 30.4 Å². The molecule has 0 saturated carbocycles. The fraction of sp³-hybridized carbons (Fsp3) is 0.500. The van der Waals surface area contributed by atoms with Gasteiger partial charge in [0.25, 0.3) is 0 Å². The number of amides is 2. The van der Waals surface area contributed by atoms with Crippen LogP contribution in [0.4, 0.5) is 10.5 Å². The van der Waals surface area contributed by atoms with Gasteiger partial charge in [0.05, 0.1) is 19.3 Å². The van der Waals surface area contributed by atoms with Gasteiger partial charge in [-0.3, -0.25) is 0 Å². The summed E-state index contributed by atoms with van der Waals surface area (Å²) in [5, 5.41) is 14.2. The Morgan fingerprint density at radius 2 is 2.26 bits per heavy atom. The fourth-order valence-corrected chi connectivity index (χ4v) is 1.43. The molecule has 19 heavy (non-hydrogen) atoms. The average Bonchev–Trinajstić information content (AvgIpc) is 2.39. The summed E-state index contributed by atoms with van der Waals surface area (Å²) in [4.78, 5) is 11.6. The molecular formula is C14H22N2O3. The zero-order chi connectivity index (χ0) is 14.1. The lowest BCUT2D eigenvalue weighted by molar-refractivity contribution is 0.229. The summed E-state index contributed by atoms with van der Waals surface area (Å²) in [7, 11) is 0. The van der Waals surface area contributed by atoms with Crippen LogP contribution in [0.25, 0.3) is 0 Å². The Kier molecular flexibility index (Phi) is 6.74. The smallest absolute Gasteiger partial charge is 0.319 e. The maximum atomic E-state index is 11.6. The molecule has 0 aromatic heterocycles. The Labute approximate surface area is 114 Å². The van der Waals surface area contributed by atoms with Crippen molar-refractivity contribution in [1.29, 1.82) is 0 Å². The molecule has 1 atom stereocenters. The maximum Gasteiger partial charge on any atom is 0.319 e. The van der Waals surface area contributed by atoms with Crippen LogP contribution in [0, 0.1) is 0 Å². The van der Waals surface area contributed by atoms with Gasteiger partial charge in [-0.1, -0.05) is 19.4 Å². The van der Waals surface area contributed by atoms with Crippen molar-refractivity contribution in [3.8, 4) is 5.75 Å². The van der Waals surface area contributed by atoms with E-state index in [2.05, 4.69) is 17.6 Å². The van der Waals surface area contributed by atoms with Gasteiger partial charge in [-0.15, -0.1) is 0 Å². The van der Waals surface area contributed by atoms with E-state index in [-0.39, 0.29) is 18.7 Å². The number of unbranched alkanes of at least 4 members (excludes halogenated alkanes) is 1. The van der Waals surface area contributed by atoms with Crippen LogP contribution in [0.1, 0.15) is 26.7 Å². The summed E-state index contributed by atoms with van der Waals surface area (Å²) in [6.07, 6.45) is 2.09. The summed E-state index contributed by atoms with van der Waals surface area (Å²) in [6, 6.07) is 6.63. The lowest BCUT2D eigenvalue weighted by Gasteiger charge is -2.12. The van der Waals surface area contributed by atoms with E-state index in [0.29, 0.717) is 12.3 Å². The Balaban J connectivity index is 2.49. The monoisotopic (exact) mass is 266 g/mol. The van der Waals surface area contributed by atoms with Crippen LogP contribution in [0.15, 0.2) is 24.3 Å². The van der Waals surface area contributed by atoms with Gasteiger partial charge in [0.1, 0.15) is 5.75 Å².